The van der Waals surface area contributed by atoms with Gasteiger partial charge in [0.25, 0.3) is 5.91 Å². The molecule has 1 aliphatic rings. The number of carboxylic acids is 1. The van der Waals surface area contributed by atoms with Gasteiger partial charge in [0.15, 0.2) is 0 Å². The number of nitrogens with zero attached hydrogens (tertiary/aromatic N) is 2. The maximum absolute atomic E-state index is 12.6. The van der Waals surface area contributed by atoms with Crippen molar-refractivity contribution in [2.24, 2.45) is 11.8 Å². The molecule has 0 bridgehead atoms. The topological polar surface area (TPSA) is 70.5 Å². The van der Waals surface area contributed by atoms with Gasteiger partial charge in [-0.15, -0.1) is 0 Å². The monoisotopic (exact) mass is 316 g/mol. The fourth-order valence-corrected chi connectivity index (χ4v) is 2.57. The molecule has 0 aliphatic carbocycles. The third kappa shape index (κ3) is 3.05. The van der Waals surface area contributed by atoms with Gasteiger partial charge in [0, 0.05) is 13.1 Å². The molecule has 1 aromatic heterocycles. The molecule has 1 aliphatic heterocycles. The van der Waals surface area contributed by atoms with Crippen LogP contribution in [0.15, 0.2) is 12.1 Å². The van der Waals surface area contributed by atoms with Gasteiger partial charge in [-0.25, -0.2) is 4.98 Å². The number of alkyl halides is 3. The van der Waals surface area contributed by atoms with Crippen molar-refractivity contribution in [1.82, 2.24) is 9.88 Å². The maximum atomic E-state index is 12.6. The minimum atomic E-state index is -4.57. The molecule has 1 saturated heterocycles. The quantitative estimate of drug-likeness (QED) is 0.908. The number of likely N-dealkylation sites (tertiary alicyclic amines) is 1. The summed E-state index contributed by atoms with van der Waals surface area (Å²) in [4.78, 5) is 28.2. The highest BCUT2D eigenvalue weighted by Gasteiger charge is 2.38. The normalized spacial score (nSPS) is 22.0. The number of aliphatic carboxylic acids is 1. The summed E-state index contributed by atoms with van der Waals surface area (Å²) >= 11 is 0. The highest BCUT2D eigenvalue weighted by atomic mass is 19.4. The first-order valence-electron chi connectivity index (χ1n) is 6.68. The Morgan fingerprint density at radius 2 is 1.95 bits per heavy atom. The molecule has 5 nitrogen and oxygen atoms in total. The second-order valence-corrected chi connectivity index (χ2v) is 5.46. The molecule has 2 heterocycles. The Morgan fingerprint density at radius 1 is 1.32 bits per heavy atom. The first kappa shape index (κ1) is 16.3. The summed E-state index contributed by atoms with van der Waals surface area (Å²) < 4.78 is 37.7. The largest absolute Gasteiger partial charge is 0.481 e. The van der Waals surface area contributed by atoms with Crippen LogP contribution in [0.3, 0.4) is 0 Å². The Balaban J connectivity index is 2.23. The van der Waals surface area contributed by atoms with E-state index in [-0.39, 0.29) is 30.3 Å². The smallest absolute Gasteiger partial charge is 0.433 e. The van der Waals surface area contributed by atoms with Gasteiger partial charge in [-0.3, -0.25) is 9.59 Å². The van der Waals surface area contributed by atoms with Crippen molar-refractivity contribution in [3.8, 4) is 0 Å². The minimum Gasteiger partial charge on any atom is -0.481 e. The van der Waals surface area contributed by atoms with E-state index in [1.54, 1.807) is 6.92 Å². The van der Waals surface area contributed by atoms with Crippen molar-refractivity contribution >= 4 is 11.9 Å². The van der Waals surface area contributed by atoms with Crippen LogP contribution in [0.1, 0.15) is 28.7 Å². The van der Waals surface area contributed by atoms with Gasteiger partial charge < -0.3 is 10.0 Å². The number of carbonyl (C=O) groups is 2. The lowest BCUT2D eigenvalue weighted by atomic mass is 9.99. The van der Waals surface area contributed by atoms with Gasteiger partial charge in [0.05, 0.1) is 17.2 Å². The van der Waals surface area contributed by atoms with Crippen molar-refractivity contribution < 1.29 is 27.9 Å². The predicted molar refractivity (Wildman–Crippen MR) is 70.2 cm³/mol. The Hall–Kier alpha value is -2.12. The Morgan fingerprint density at radius 3 is 2.41 bits per heavy atom. The lowest BCUT2D eigenvalue weighted by molar-refractivity contribution is -0.142. The standard InChI is InChI=1S/C14H15F3N2O3/c1-7-5-19(6-10(7)13(21)22)12(20)9-3-4-11(14(15,16)17)18-8(9)2/h3-4,7,10H,5-6H2,1-2H3,(H,21,22)/t7-,10-/m1/s1. The molecular weight excluding hydrogens is 301 g/mol. The maximum Gasteiger partial charge on any atom is 0.433 e. The molecule has 1 N–H and O–H groups in total. The van der Waals surface area contributed by atoms with Gasteiger partial charge in [-0.2, -0.15) is 13.2 Å². The van der Waals surface area contributed by atoms with Crippen LogP contribution in [0, 0.1) is 18.8 Å². The first-order chi connectivity index (χ1) is 10.1. The van der Waals surface area contributed by atoms with E-state index in [1.807, 2.05) is 0 Å². The molecule has 120 valence electrons. The molecule has 0 saturated carbocycles. The van der Waals surface area contributed by atoms with E-state index in [9.17, 15) is 22.8 Å². The van der Waals surface area contributed by atoms with E-state index in [2.05, 4.69) is 4.98 Å². The molecule has 2 rings (SSSR count). The van der Waals surface area contributed by atoms with Crippen molar-refractivity contribution in [3.63, 3.8) is 0 Å². The summed E-state index contributed by atoms with van der Waals surface area (Å²) in [7, 11) is 0. The Labute approximate surface area is 124 Å². The fraction of sp³-hybridized carbons (Fsp3) is 0.500. The molecule has 0 unspecified atom stereocenters. The van der Waals surface area contributed by atoms with Crippen LogP contribution >= 0.6 is 0 Å². The van der Waals surface area contributed by atoms with Crippen molar-refractivity contribution in [2.45, 2.75) is 20.0 Å². The number of amides is 1. The van der Waals surface area contributed by atoms with Crippen LogP contribution in [0.4, 0.5) is 13.2 Å². The lowest BCUT2D eigenvalue weighted by Crippen LogP contribution is -2.30. The van der Waals surface area contributed by atoms with Gasteiger partial charge in [-0.05, 0) is 25.0 Å². The summed E-state index contributed by atoms with van der Waals surface area (Å²) in [6.07, 6.45) is -4.57. The van der Waals surface area contributed by atoms with E-state index >= 15 is 0 Å². The number of carboxylic acid groups (broad SMARTS) is 1. The van der Waals surface area contributed by atoms with E-state index in [0.717, 1.165) is 12.1 Å². The summed E-state index contributed by atoms with van der Waals surface area (Å²) in [6, 6.07) is 1.85. The SMILES string of the molecule is Cc1nc(C(F)(F)F)ccc1C(=O)N1C[C@@H](C)[C@H](C(=O)O)C1. The van der Waals surface area contributed by atoms with Crippen molar-refractivity contribution in [1.29, 1.82) is 0 Å². The second kappa shape index (κ2) is 5.58. The molecule has 1 fully saturated rings. The summed E-state index contributed by atoms with van der Waals surface area (Å²) in [5.41, 5.74) is -1.02. The summed E-state index contributed by atoms with van der Waals surface area (Å²) in [5.74, 6) is -2.34. The van der Waals surface area contributed by atoms with Gasteiger partial charge in [-0.1, -0.05) is 6.92 Å². The molecular formula is C14H15F3N2O3. The zero-order chi connectivity index (χ0) is 16.7. The van der Waals surface area contributed by atoms with E-state index in [4.69, 9.17) is 5.11 Å². The average molecular weight is 316 g/mol. The average Bonchev–Trinajstić information content (AvgIpc) is 2.79. The number of halogens is 3. The molecule has 8 heteroatoms. The fourth-order valence-electron chi connectivity index (χ4n) is 2.57. The zero-order valence-corrected chi connectivity index (χ0v) is 12.0. The number of carbonyl (C=O) groups excluding carboxylic acids is 1. The number of rotatable bonds is 2. The molecule has 22 heavy (non-hydrogen) atoms. The predicted octanol–water partition coefficient (Wildman–Crippen LogP) is 2.20. The number of aromatic nitrogens is 1. The molecule has 1 aromatic rings. The van der Waals surface area contributed by atoms with E-state index in [0.29, 0.717) is 0 Å². The Bertz CT molecular complexity index is 616. The molecule has 0 aromatic carbocycles. The second-order valence-electron chi connectivity index (χ2n) is 5.46. The summed E-state index contributed by atoms with van der Waals surface area (Å²) in [6.45, 7) is 3.37. The van der Waals surface area contributed by atoms with Gasteiger partial charge in [0.2, 0.25) is 0 Å². The zero-order valence-electron chi connectivity index (χ0n) is 12.0. The molecule has 0 spiro atoms. The van der Waals surface area contributed by atoms with Crippen LogP contribution in [0.5, 0.6) is 0 Å². The minimum absolute atomic E-state index is 0.0220. The van der Waals surface area contributed by atoms with Gasteiger partial charge in [0.1, 0.15) is 5.69 Å². The van der Waals surface area contributed by atoms with Crippen molar-refractivity contribution in [2.75, 3.05) is 13.1 Å². The van der Waals surface area contributed by atoms with Crippen LogP contribution in [0.25, 0.3) is 0 Å². The van der Waals surface area contributed by atoms with Crippen LogP contribution < -0.4 is 0 Å². The van der Waals surface area contributed by atoms with Crippen LogP contribution in [0.2, 0.25) is 0 Å². The van der Waals surface area contributed by atoms with E-state index in [1.165, 1.54) is 11.8 Å². The number of hydrogen-bond donors (Lipinski definition) is 1. The third-order valence-electron chi connectivity index (χ3n) is 3.82. The van der Waals surface area contributed by atoms with E-state index < -0.39 is 29.7 Å². The summed E-state index contributed by atoms with van der Waals surface area (Å²) in [5, 5.41) is 9.06. The lowest BCUT2D eigenvalue weighted by Gasteiger charge is -2.17. The van der Waals surface area contributed by atoms with Crippen molar-refractivity contribution in [3.05, 3.63) is 29.1 Å². The number of hydrogen-bond acceptors (Lipinski definition) is 3. The Kier molecular flexibility index (Phi) is 4.12. The first-order valence-corrected chi connectivity index (χ1v) is 6.68. The molecule has 1 amide bonds. The van der Waals surface area contributed by atoms with Crippen LogP contribution in [-0.2, 0) is 11.0 Å². The highest BCUT2D eigenvalue weighted by Crippen LogP contribution is 2.29. The number of aryl methyl sites for hydroxylation is 1. The molecule has 2 atom stereocenters. The van der Waals surface area contributed by atoms with Crippen LogP contribution in [-0.4, -0.2) is 40.0 Å². The highest BCUT2D eigenvalue weighted by molar-refractivity contribution is 5.95. The molecule has 0 radical (unpaired) electrons. The third-order valence-corrected chi connectivity index (χ3v) is 3.82. The number of pyridine rings is 1. The van der Waals surface area contributed by atoms with Gasteiger partial charge >= 0.3 is 12.1 Å².